The molecule has 0 radical (unpaired) electrons. The maximum atomic E-state index is 6.09. The first kappa shape index (κ1) is 12.9. The number of pyridine rings is 2. The van der Waals surface area contributed by atoms with E-state index in [1.165, 1.54) is 0 Å². The Balaban J connectivity index is 2.42. The van der Waals surface area contributed by atoms with E-state index in [4.69, 9.17) is 11.6 Å². The molecule has 2 heterocycles. The third kappa shape index (κ3) is 2.10. The topological polar surface area (TPSA) is 30.2 Å². The fraction of sp³-hybridized carbons (Fsp3) is 0.125. The molecule has 2 aromatic heterocycles. The molecular weight excluding hydrogens is 270 g/mol. The summed E-state index contributed by atoms with van der Waals surface area (Å²) < 4.78 is 2.06. The van der Waals surface area contributed by atoms with Gasteiger partial charge in [-0.25, -0.2) is 0 Å². The first-order valence-corrected chi connectivity index (χ1v) is 6.71. The molecule has 0 bridgehead atoms. The van der Waals surface area contributed by atoms with Gasteiger partial charge in [0.2, 0.25) is 0 Å². The number of nitrogens with zero attached hydrogens (tertiary/aromatic N) is 3. The SMILES string of the molecule is CN=c1c(-c2cccnc2)cc2ccc(Cl)cc2n1C. The molecule has 0 aliphatic rings. The van der Waals surface area contributed by atoms with Crippen LogP contribution in [0.3, 0.4) is 0 Å². The van der Waals surface area contributed by atoms with Crippen molar-refractivity contribution in [1.29, 1.82) is 0 Å². The highest BCUT2D eigenvalue weighted by Crippen LogP contribution is 2.22. The van der Waals surface area contributed by atoms with Crippen molar-refractivity contribution in [2.75, 3.05) is 7.05 Å². The van der Waals surface area contributed by atoms with Crippen molar-refractivity contribution in [3.8, 4) is 11.1 Å². The number of aromatic nitrogens is 2. The molecule has 0 spiro atoms. The van der Waals surface area contributed by atoms with Crippen LogP contribution in [0.2, 0.25) is 5.02 Å². The summed E-state index contributed by atoms with van der Waals surface area (Å²) in [5.74, 6) is 0. The third-order valence-electron chi connectivity index (χ3n) is 3.40. The molecule has 3 rings (SSSR count). The molecule has 0 amide bonds. The number of halogens is 1. The molecule has 0 aliphatic heterocycles. The molecule has 100 valence electrons. The molecule has 1 aromatic carbocycles. The Labute approximate surface area is 122 Å². The van der Waals surface area contributed by atoms with Gasteiger partial charge in [-0.2, -0.15) is 0 Å². The van der Waals surface area contributed by atoms with E-state index in [9.17, 15) is 0 Å². The van der Waals surface area contributed by atoms with E-state index < -0.39 is 0 Å². The van der Waals surface area contributed by atoms with Crippen molar-refractivity contribution >= 4 is 22.5 Å². The Morgan fingerprint density at radius 3 is 2.75 bits per heavy atom. The molecule has 0 saturated heterocycles. The lowest BCUT2D eigenvalue weighted by molar-refractivity contribution is 0.871. The Morgan fingerprint density at radius 2 is 2.05 bits per heavy atom. The molecule has 0 fully saturated rings. The number of aryl methyl sites for hydroxylation is 1. The van der Waals surface area contributed by atoms with E-state index in [2.05, 4.69) is 20.6 Å². The molecule has 0 atom stereocenters. The lowest BCUT2D eigenvalue weighted by Crippen LogP contribution is -2.20. The highest BCUT2D eigenvalue weighted by Gasteiger charge is 2.07. The van der Waals surface area contributed by atoms with Gasteiger partial charge < -0.3 is 4.57 Å². The molecule has 0 unspecified atom stereocenters. The lowest BCUT2D eigenvalue weighted by atomic mass is 10.1. The van der Waals surface area contributed by atoms with Crippen molar-refractivity contribution < 1.29 is 0 Å². The number of hydrogen-bond acceptors (Lipinski definition) is 2. The maximum Gasteiger partial charge on any atom is 0.135 e. The minimum atomic E-state index is 0.726. The molecule has 20 heavy (non-hydrogen) atoms. The Hall–Kier alpha value is -2.13. The van der Waals surface area contributed by atoms with Gasteiger partial charge in [-0.05, 0) is 29.7 Å². The van der Waals surface area contributed by atoms with Crippen LogP contribution in [-0.2, 0) is 7.05 Å². The van der Waals surface area contributed by atoms with Crippen LogP contribution in [0, 0.1) is 0 Å². The van der Waals surface area contributed by atoms with Crippen LogP contribution in [0.15, 0.2) is 53.8 Å². The standard InChI is InChI=1S/C16H14ClN3/c1-18-16-14(12-4-3-7-19-10-12)8-11-5-6-13(17)9-15(11)20(16)2/h3-10H,1-2H3. The fourth-order valence-electron chi connectivity index (χ4n) is 2.45. The average molecular weight is 284 g/mol. The molecule has 0 saturated carbocycles. The Bertz CT molecular complexity index is 835. The van der Waals surface area contributed by atoms with Crippen molar-refractivity contribution in [3.05, 3.63) is 59.3 Å². The maximum absolute atomic E-state index is 6.09. The van der Waals surface area contributed by atoms with Gasteiger partial charge in [-0.15, -0.1) is 0 Å². The minimum Gasteiger partial charge on any atom is -0.329 e. The van der Waals surface area contributed by atoms with E-state index in [1.807, 2.05) is 43.6 Å². The number of hydrogen-bond donors (Lipinski definition) is 0. The zero-order valence-electron chi connectivity index (χ0n) is 11.3. The summed E-state index contributed by atoms with van der Waals surface area (Å²) in [4.78, 5) is 8.61. The van der Waals surface area contributed by atoms with Gasteiger partial charge in [0.1, 0.15) is 5.49 Å². The average Bonchev–Trinajstić information content (AvgIpc) is 2.48. The molecule has 0 N–H and O–H groups in total. The molecule has 3 nitrogen and oxygen atoms in total. The van der Waals surface area contributed by atoms with Gasteiger partial charge in [0, 0.05) is 42.6 Å². The zero-order valence-corrected chi connectivity index (χ0v) is 12.1. The lowest BCUT2D eigenvalue weighted by Gasteiger charge is -2.11. The summed E-state index contributed by atoms with van der Waals surface area (Å²) in [7, 11) is 3.80. The smallest absolute Gasteiger partial charge is 0.135 e. The summed E-state index contributed by atoms with van der Waals surface area (Å²) >= 11 is 6.09. The molecular formula is C16H14ClN3. The minimum absolute atomic E-state index is 0.726. The van der Waals surface area contributed by atoms with Gasteiger partial charge in [-0.3, -0.25) is 9.98 Å². The monoisotopic (exact) mass is 283 g/mol. The second-order valence-electron chi connectivity index (χ2n) is 4.61. The summed E-state index contributed by atoms with van der Waals surface area (Å²) in [5.41, 5.74) is 4.09. The van der Waals surface area contributed by atoms with Gasteiger partial charge in [0.25, 0.3) is 0 Å². The first-order valence-electron chi connectivity index (χ1n) is 6.33. The van der Waals surface area contributed by atoms with Gasteiger partial charge in [0.15, 0.2) is 0 Å². The Kier molecular flexibility index (Phi) is 3.28. The van der Waals surface area contributed by atoms with E-state index in [-0.39, 0.29) is 0 Å². The van der Waals surface area contributed by atoms with Gasteiger partial charge in [-0.1, -0.05) is 23.7 Å². The number of rotatable bonds is 1. The van der Waals surface area contributed by atoms with Crippen molar-refractivity contribution in [3.63, 3.8) is 0 Å². The highest BCUT2D eigenvalue weighted by molar-refractivity contribution is 6.31. The van der Waals surface area contributed by atoms with Gasteiger partial charge in [0.05, 0.1) is 5.52 Å². The van der Waals surface area contributed by atoms with E-state index >= 15 is 0 Å². The third-order valence-corrected chi connectivity index (χ3v) is 3.63. The van der Waals surface area contributed by atoms with Crippen LogP contribution in [0.5, 0.6) is 0 Å². The van der Waals surface area contributed by atoms with Crippen LogP contribution in [-0.4, -0.2) is 16.6 Å². The van der Waals surface area contributed by atoms with E-state index in [1.54, 1.807) is 13.2 Å². The molecule has 0 aliphatic carbocycles. The summed E-state index contributed by atoms with van der Waals surface area (Å²) in [5, 5.41) is 1.85. The summed E-state index contributed by atoms with van der Waals surface area (Å²) in [6, 6.07) is 12.0. The second-order valence-corrected chi connectivity index (χ2v) is 5.05. The number of fused-ring (bicyclic) bond motifs is 1. The zero-order chi connectivity index (χ0) is 14.1. The van der Waals surface area contributed by atoms with Crippen molar-refractivity contribution in [1.82, 2.24) is 9.55 Å². The quantitative estimate of drug-likeness (QED) is 0.673. The summed E-state index contributed by atoms with van der Waals surface area (Å²) in [6.45, 7) is 0. The Morgan fingerprint density at radius 1 is 1.20 bits per heavy atom. The second kappa shape index (κ2) is 5.10. The molecule has 3 aromatic rings. The van der Waals surface area contributed by atoms with Crippen LogP contribution in [0.1, 0.15) is 0 Å². The van der Waals surface area contributed by atoms with E-state index in [0.717, 1.165) is 32.5 Å². The highest BCUT2D eigenvalue weighted by atomic mass is 35.5. The van der Waals surface area contributed by atoms with Crippen LogP contribution >= 0.6 is 11.6 Å². The molecule has 4 heteroatoms. The van der Waals surface area contributed by atoms with Crippen LogP contribution in [0.4, 0.5) is 0 Å². The first-order chi connectivity index (χ1) is 9.70. The normalized spacial score (nSPS) is 12.1. The van der Waals surface area contributed by atoms with Crippen molar-refractivity contribution in [2.45, 2.75) is 0 Å². The van der Waals surface area contributed by atoms with Crippen LogP contribution in [0.25, 0.3) is 22.0 Å². The summed E-state index contributed by atoms with van der Waals surface area (Å²) in [6.07, 6.45) is 3.62. The predicted octanol–water partition coefficient (Wildman–Crippen LogP) is 3.42. The largest absolute Gasteiger partial charge is 0.329 e. The fourth-order valence-corrected chi connectivity index (χ4v) is 2.62. The predicted molar refractivity (Wildman–Crippen MR) is 82.6 cm³/mol. The van der Waals surface area contributed by atoms with Crippen molar-refractivity contribution in [2.24, 2.45) is 12.0 Å². The van der Waals surface area contributed by atoms with Crippen LogP contribution < -0.4 is 5.49 Å². The van der Waals surface area contributed by atoms with Gasteiger partial charge >= 0.3 is 0 Å². The van der Waals surface area contributed by atoms with E-state index in [0.29, 0.717) is 0 Å². The number of benzene rings is 1.